The van der Waals surface area contributed by atoms with Crippen molar-refractivity contribution in [2.45, 2.75) is 25.2 Å². The average molecular weight is 501 g/mol. The number of nitrogens with zero attached hydrogens (tertiary/aromatic N) is 1. The molecule has 1 aliphatic rings. The molecule has 3 rings (SSSR count). The number of amides is 1. The monoisotopic (exact) mass is 499 g/mol. The Labute approximate surface area is 187 Å². The number of benzene rings is 2. The third kappa shape index (κ3) is 4.82. The highest BCUT2D eigenvalue weighted by atomic mass is 79.9. The Kier molecular flexibility index (Phi) is 7.25. The summed E-state index contributed by atoms with van der Waals surface area (Å²) in [5.74, 6) is 1.31. The number of hydrogen-bond donors (Lipinski definition) is 0. The van der Waals surface area contributed by atoms with Crippen LogP contribution in [-0.4, -0.2) is 34.0 Å². The lowest BCUT2D eigenvalue weighted by Crippen LogP contribution is -2.31. The summed E-state index contributed by atoms with van der Waals surface area (Å²) >= 11 is 16.3. The number of ether oxygens (including phenoxy) is 2. The minimum atomic E-state index is -0.214. The van der Waals surface area contributed by atoms with Crippen LogP contribution in [0, 0.1) is 0 Å². The SMILES string of the molecule is CCN1C(=O)[C@H](Cc2cc(OC)c(OCc3ccc(Cl)cc3)cc2Br)SC1=S. The first-order chi connectivity index (χ1) is 13.4. The molecule has 28 heavy (non-hydrogen) atoms. The standard InChI is InChI=1S/C20H19BrClNO3S2/c1-3-23-19(24)18(28-20(23)27)9-13-8-16(25-2)17(10-15(13)21)26-11-12-4-6-14(22)7-5-12/h4-8,10,18H,3,9,11H2,1-2H3/t18-/m0/s1. The molecule has 8 heteroatoms. The largest absolute Gasteiger partial charge is 0.493 e. The molecule has 0 aromatic heterocycles. The third-order valence-electron chi connectivity index (χ3n) is 4.37. The highest BCUT2D eigenvalue weighted by Crippen LogP contribution is 2.37. The van der Waals surface area contributed by atoms with Gasteiger partial charge in [0.1, 0.15) is 10.9 Å². The van der Waals surface area contributed by atoms with Crippen LogP contribution in [0.15, 0.2) is 40.9 Å². The average Bonchev–Trinajstić information content (AvgIpc) is 2.95. The van der Waals surface area contributed by atoms with E-state index in [1.165, 1.54) is 11.8 Å². The summed E-state index contributed by atoms with van der Waals surface area (Å²) in [7, 11) is 1.60. The van der Waals surface area contributed by atoms with E-state index < -0.39 is 0 Å². The van der Waals surface area contributed by atoms with E-state index in [2.05, 4.69) is 15.9 Å². The van der Waals surface area contributed by atoms with Crippen molar-refractivity contribution < 1.29 is 14.3 Å². The van der Waals surface area contributed by atoms with Gasteiger partial charge in [-0.3, -0.25) is 9.69 Å². The summed E-state index contributed by atoms with van der Waals surface area (Å²) in [6.45, 7) is 2.93. The lowest BCUT2D eigenvalue weighted by Gasteiger charge is -2.16. The van der Waals surface area contributed by atoms with Crippen LogP contribution in [0.25, 0.3) is 0 Å². The molecule has 0 aliphatic carbocycles. The second-order valence-electron chi connectivity index (χ2n) is 6.17. The van der Waals surface area contributed by atoms with Crippen LogP contribution in [-0.2, 0) is 17.8 Å². The molecule has 0 bridgehead atoms. The molecule has 0 saturated carbocycles. The van der Waals surface area contributed by atoms with E-state index in [-0.39, 0.29) is 11.2 Å². The molecule has 148 valence electrons. The predicted octanol–water partition coefficient (Wildman–Crippen LogP) is 5.48. The first kappa shape index (κ1) is 21.4. The van der Waals surface area contributed by atoms with Crippen LogP contribution < -0.4 is 9.47 Å². The number of carbonyl (C=O) groups is 1. The Morgan fingerprint density at radius 1 is 1.25 bits per heavy atom. The van der Waals surface area contributed by atoms with Crippen molar-refractivity contribution in [3.05, 3.63) is 57.0 Å². The zero-order chi connectivity index (χ0) is 20.3. The van der Waals surface area contributed by atoms with Crippen molar-refractivity contribution in [2.24, 2.45) is 0 Å². The van der Waals surface area contributed by atoms with Crippen molar-refractivity contribution in [1.29, 1.82) is 0 Å². The van der Waals surface area contributed by atoms with Gasteiger partial charge in [0.15, 0.2) is 11.5 Å². The van der Waals surface area contributed by atoms with Crippen molar-refractivity contribution in [3.63, 3.8) is 0 Å². The number of halogens is 2. The topological polar surface area (TPSA) is 38.8 Å². The highest BCUT2D eigenvalue weighted by Gasteiger charge is 2.36. The van der Waals surface area contributed by atoms with Gasteiger partial charge in [-0.25, -0.2) is 0 Å². The summed E-state index contributed by atoms with van der Waals surface area (Å²) in [5, 5.41) is 0.475. The first-order valence-corrected chi connectivity index (χ1v) is 11.1. The number of thioether (sulfide) groups is 1. The van der Waals surface area contributed by atoms with Crippen LogP contribution in [0.5, 0.6) is 11.5 Å². The summed E-state index contributed by atoms with van der Waals surface area (Å²) in [6, 6.07) is 11.3. The lowest BCUT2D eigenvalue weighted by molar-refractivity contribution is -0.125. The van der Waals surface area contributed by atoms with E-state index in [0.29, 0.717) is 40.4 Å². The van der Waals surface area contributed by atoms with Crippen molar-refractivity contribution in [1.82, 2.24) is 4.90 Å². The van der Waals surface area contributed by atoms with Gasteiger partial charge in [0, 0.05) is 16.0 Å². The number of rotatable bonds is 7. The summed E-state index contributed by atoms with van der Waals surface area (Å²) in [5.41, 5.74) is 1.98. The Bertz CT molecular complexity index is 892. The van der Waals surface area contributed by atoms with Crippen LogP contribution in [0.3, 0.4) is 0 Å². The van der Waals surface area contributed by atoms with E-state index in [1.807, 2.05) is 43.3 Å². The Balaban J connectivity index is 1.75. The van der Waals surface area contributed by atoms with E-state index in [0.717, 1.165) is 15.6 Å². The molecular weight excluding hydrogens is 482 g/mol. The number of thiocarbonyl (C=S) groups is 1. The molecule has 0 radical (unpaired) electrons. The van der Waals surface area contributed by atoms with Crippen LogP contribution in [0.4, 0.5) is 0 Å². The fourth-order valence-corrected chi connectivity index (χ4v) is 5.12. The quantitative estimate of drug-likeness (QED) is 0.471. The molecule has 1 fully saturated rings. The second-order valence-corrected chi connectivity index (χ2v) is 9.30. The zero-order valence-corrected chi connectivity index (χ0v) is 19.4. The van der Waals surface area contributed by atoms with Crippen LogP contribution in [0.1, 0.15) is 18.1 Å². The molecule has 1 saturated heterocycles. The van der Waals surface area contributed by atoms with Gasteiger partial charge in [-0.2, -0.15) is 0 Å². The van der Waals surface area contributed by atoms with Crippen LogP contribution >= 0.6 is 51.5 Å². The second kappa shape index (κ2) is 9.48. The summed E-state index contributed by atoms with van der Waals surface area (Å²) < 4.78 is 13.0. The van der Waals surface area contributed by atoms with E-state index in [4.69, 9.17) is 33.3 Å². The Morgan fingerprint density at radius 3 is 2.57 bits per heavy atom. The molecule has 2 aromatic carbocycles. The fraction of sp³-hybridized carbons (Fsp3) is 0.300. The fourth-order valence-electron chi connectivity index (χ4n) is 2.86. The minimum Gasteiger partial charge on any atom is -0.493 e. The van der Waals surface area contributed by atoms with Gasteiger partial charge in [-0.15, -0.1) is 0 Å². The van der Waals surface area contributed by atoms with Gasteiger partial charge in [-0.1, -0.05) is 63.6 Å². The van der Waals surface area contributed by atoms with Crippen molar-refractivity contribution in [2.75, 3.05) is 13.7 Å². The Hall–Kier alpha value is -1.28. The summed E-state index contributed by atoms with van der Waals surface area (Å²) in [6.07, 6.45) is 0.564. The predicted molar refractivity (Wildman–Crippen MR) is 122 cm³/mol. The van der Waals surface area contributed by atoms with Gasteiger partial charge in [0.05, 0.1) is 12.4 Å². The molecule has 4 nitrogen and oxygen atoms in total. The third-order valence-corrected chi connectivity index (χ3v) is 6.94. The molecule has 0 spiro atoms. The number of carbonyl (C=O) groups excluding carboxylic acids is 1. The molecule has 0 unspecified atom stereocenters. The van der Waals surface area contributed by atoms with E-state index in [9.17, 15) is 4.79 Å². The highest BCUT2D eigenvalue weighted by molar-refractivity contribution is 9.10. The maximum atomic E-state index is 12.5. The van der Waals surface area contributed by atoms with Gasteiger partial charge in [0.25, 0.3) is 0 Å². The van der Waals surface area contributed by atoms with E-state index >= 15 is 0 Å². The molecular formula is C20H19BrClNO3S2. The Morgan fingerprint density at radius 2 is 1.96 bits per heavy atom. The van der Waals surface area contributed by atoms with Gasteiger partial charge >= 0.3 is 0 Å². The molecule has 2 aromatic rings. The van der Waals surface area contributed by atoms with Gasteiger partial charge in [0.2, 0.25) is 5.91 Å². The molecule has 1 amide bonds. The minimum absolute atomic E-state index is 0.0615. The normalized spacial score (nSPS) is 16.6. The van der Waals surface area contributed by atoms with Crippen molar-refractivity contribution >= 4 is 61.7 Å². The van der Waals surface area contributed by atoms with Gasteiger partial charge < -0.3 is 9.47 Å². The van der Waals surface area contributed by atoms with E-state index in [1.54, 1.807) is 12.0 Å². The molecule has 1 atom stereocenters. The smallest absolute Gasteiger partial charge is 0.241 e. The number of hydrogen-bond acceptors (Lipinski definition) is 5. The molecule has 1 heterocycles. The lowest BCUT2D eigenvalue weighted by atomic mass is 10.1. The maximum absolute atomic E-state index is 12.5. The van der Waals surface area contributed by atoms with Gasteiger partial charge in [-0.05, 0) is 48.7 Å². The molecule has 1 aliphatic heterocycles. The number of methoxy groups -OCH3 is 1. The zero-order valence-electron chi connectivity index (χ0n) is 15.4. The van der Waals surface area contributed by atoms with Crippen molar-refractivity contribution in [3.8, 4) is 11.5 Å². The maximum Gasteiger partial charge on any atom is 0.241 e. The molecule has 0 N–H and O–H groups in total. The van der Waals surface area contributed by atoms with Crippen LogP contribution in [0.2, 0.25) is 5.02 Å². The first-order valence-electron chi connectivity index (χ1n) is 8.68. The summed E-state index contributed by atoms with van der Waals surface area (Å²) in [4.78, 5) is 14.2.